The molecule has 1 amide bonds. The van der Waals surface area contributed by atoms with Crippen LogP contribution in [0.1, 0.15) is 36.0 Å². The van der Waals surface area contributed by atoms with Gasteiger partial charge in [0.15, 0.2) is 0 Å². The van der Waals surface area contributed by atoms with Crippen molar-refractivity contribution in [2.24, 2.45) is 5.92 Å². The van der Waals surface area contributed by atoms with Gasteiger partial charge in [0.25, 0.3) is 5.91 Å². The Labute approximate surface area is 121 Å². The van der Waals surface area contributed by atoms with Crippen LogP contribution in [0.5, 0.6) is 5.75 Å². The molecule has 1 aromatic rings. The van der Waals surface area contributed by atoms with Crippen LogP contribution < -0.4 is 10.1 Å². The first-order valence-electron chi connectivity index (χ1n) is 6.72. The van der Waals surface area contributed by atoms with Crippen LogP contribution in [-0.4, -0.2) is 27.2 Å². The van der Waals surface area contributed by atoms with Gasteiger partial charge in [-0.05, 0) is 54.1 Å². The van der Waals surface area contributed by atoms with Gasteiger partial charge in [-0.3, -0.25) is 9.00 Å². The minimum Gasteiger partial charge on any atom is -0.771 e. The van der Waals surface area contributed by atoms with Gasteiger partial charge in [-0.2, -0.15) is 0 Å². The fourth-order valence-electron chi connectivity index (χ4n) is 2.32. The zero-order chi connectivity index (χ0) is 14.4. The molecule has 0 heterocycles. The summed E-state index contributed by atoms with van der Waals surface area (Å²) >= 11 is -2.28. The normalized spacial score (nSPS) is 16.9. The summed E-state index contributed by atoms with van der Waals surface area (Å²) in [4.78, 5) is 11.6. The Bertz CT molecular complexity index is 469. The van der Waals surface area contributed by atoms with Crippen LogP contribution in [0.2, 0.25) is 0 Å². The number of nitrogens with one attached hydrogen (secondary N) is 1. The van der Waals surface area contributed by atoms with E-state index in [-0.39, 0.29) is 5.88 Å². The lowest BCUT2D eigenvalue weighted by Crippen LogP contribution is -2.26. The highest BCUT2D eigenvalue weighted by Gasteiger charge is 2.15. The standard InChI is InChI=1S/C14H19NO4S/c16-14(15-10-20(17)18)12-5-7-13(8-6-12)19-9-11-3-1-2-4-11/h5-8,11H,1-4,9-10H2,(H,15,16)(H,17,18)/p-1. The minimum atomic E-state index is -2.28. The van der Waals surface area contributed by atoms with Gasteiger partial charge in [-0.1, -0.05) is 12.8 Å². The third kappa shape index (κ3) is 4.61. The van der Waals surface area contributed by atoms with Crippen molar-refractivity contribution in [2.75, 3.05) is 12.5 Å². The SMILES string of the molecule is O=C(NCS(=O)[O-])c1ccc(OCC2CCCC2)cc1. The molecule has 1 aliphatic rings. The van der Waals surface area contributed by atoms with Gasteiger partial charge in [-0.15, -0.1) is 0 Å². The van der Waals surface area contributed by atoms with Crippen molar-refractivity contribution in [1.82, 2.24) is 5.32 Å². The van der Waals surface area contributed by atoms with E-state index in [4.69, 9.17) is 4.74 Å². The molecular weight excluding hydrogens is 278 g/mol. The van der Waals surface area contributed by atoms with Crippen molar-refractivity contribution in [3.63, 3.8) is 0 Å². The highest BCUT2D eigenvalue weighted by molar-refractivity contribution is 7.79. The molecule has 0 bridgehead atoms. The molecule has 1 atom stereocenters. The van der Waals surface area contributed by atoms with Gasteiger partial charge < -0.3 is 14.6 Å². The molecule has 0 saturated heterocycles. The van der Waals surface area contributed by atoms with Crippen molar-refractivity contribution in [3.8, 4) is 5.75 Å². The molecule has 5 nitrogen and oxygen atoms in total. The Hall–Kier alpha value is -1.40. The van der Waals surface area contributed by atoms with Gasteiger partial charge in [0.2, 0.25) is 0 Å². The smallest absolute Gasteiger partial charge is 0.251 e. The number of ether oxygens (including phenoxy) is 1. The zero-order valence-corrected chi connectivity index (χ0v) is 12.0. The topological polar surface area (TPSA) is 78.5 Å². The van der Waals surface area contributed by atoms with Crippen LogP contribution in [0, 0.1) is 5.92 Å². The average Bonchev–Trinajstić information content (AvgIpc) is 2.96. The maximum atomic E-state index is 11.6. The molecular formula is C14H18NO4S-. The van der Waals surface area contributed by atoms with E-state index in [2.05, 4.69) is 5.32 Å². The molecule has 0 aliphatic heterocycles. The van der Waals surface area contributed by atoms with Crippen LogP contribution in [0.25, 0.3) is 0 Å². The van der Waals surface area contributed by atoms with Gasteiger partial charge in [0.05, 0.1) is 12.5 Å². The fraction of sp³-hybridized carbons (Fsp3) is 0.500. The summed E-state index contributed by atoms with van der Waals surface area (Å²) in [6.45, 7) is 0.723. The number of hydrogen-bond donors (Lipinski definition) is 1. The van der Waals surface area contributed by atoms with E-state index in [0.717, 1.165) is 12.4 Å². The van der Waals surface area contributed by atoms with E-state index in [1.165, 1.54) is 25.7 Å². The molecule has 6 heteroatoms. The molecule has 1 aromatic carbocycles. The summed E-state index contributed by atoms with van der Waals surface area (Å²) in [5.74, 6) is 0.598. The van der Waals surface area contributed by atoms with E-state index in [0.29, 0.717) is 11.5 Å². The van der Waals surface area contributed by atoms with E-state index in [9.17, 15) is 13.6 Å². The number of hydrogen-bond acceptors (Lipinski definition) is 4. The summed E-state index contributed by atoms with van der Waals surface area (Å²) < 4.78 is 26.4. The number of carbonyl (C=O) groups is 1. The highest BCUT2D eigenvalue weighted by atomic mass is 32.2. The third-order valence-corrected chi connectivity index (χ3v) is 3.81. The second-order valence-electron chi connectivity index (χ2n) is 4.94. The summed E-state index contributed by atoms with van der Waals surface area (Å²) in [5, 5.41) is 2.30. The lowest BCUT2D eigenvalue weighted by Gasteiger charge is -2.12. The average molecular weight is 296 g/mol. The summed E-state index contributed by atoms with van der Waals surface area (Å²) in [6.07, 6.45) is 5.03. The first kappa shape index (κ1) is 15.0. The summed E-state index contributed by atoms with van der Waals surface area (Å²) in [7, 11) is 0. The number of carbonyl (C=O) groups excluding carboxylic acids is 1. The maximum absolute atomic E-state index is 11.6. The Balaban J connectivity index is 1.82. The van der Waals surface area contributed by atoms with Gasteiger partial charge in [0, 0.05) is 5.56 Å². The minimum absolute atomic E-state index is 0.376. The Morgan fingerprint density at radius 2 is 1.95 bits per heavy atom. The monoisotopic (exact) mass is 296 g/mol. The lowest BCUT2D eigenvalue weighted by molar-refractivity contribution is 0.0959. The van der Waals surface area contributed by atoms with Gasteiger partial charge in [0.1, 0.15) is 5.75 Å². The predicted octanol–water partition coefficient (Wildman–Crippen LogP) is 1.82. The van der Waals surface area contributed by atoms with Crippen LogP contribution in [0.15, 0.2) is 24.3 Å². The second-order valence-corrected chi connectivity index (χ2v) is 5.84. The quantitative estimate of drug-likeness (QED) is 0.812. The molecule has 1 saturated carbocycles. The molecule has 0 radical (unpaired) electrons. The first-order chi connectivity index (χ1) is 9.65. The van der Waals surface area contributed by atoms with Crippen molar-refractivity contribution < 1.29 is 18.3 Å². The predicted molar refractivity (Wildman–Crippen MR) is 75.1 cm³/mol. The molecule has 1 unspecified atom stereocenters. The van der Waals surface area contributed by atoms with Crippen LogP contribution >= 0.6 is 0 Å². The molecule has 0 spiro atoms. The largest absolute Gasteiger partial charge is 0.771 e. The molecule has 1 aliphatic carbocycles. The number of amides is 1. The first-order valence-corrected chi connectivity index (χ1v) is 7.96. The maximum Gasteiger partial charge on any atom is 0.251 e. The Morgan fingerprint density at radius 3 is 2.55 bits per heavy atom. The van der Waals surface area contributed by atoms with E-state index in [1.54, 1.807) is 24.3 Å². The van der Waals surface area contributed by atoms with Crippen molar-refractivity contribution >= 4 is 17.0 Å². The van der Waals surface area contributed by atoms with Gasteiger partial charge >= 0.3 is 0 Å². The van der Waals surface area contributed by atoms with Crippen molar-refractivity contribution in [1.29, 1.82) is 0 Å². The number of benzene rings is 1. The Kier molecular flexibility index (Phi) is 5.55. The summed E-state index contributed by atoms with van der Waals surface area (Å²) in [6, 6.07) is 6.73. The van der Waals surface area contributed by atoms with Crippen molar-refractivity contribution in [2.45, 2.75) is 25.7 Å². The fourth-order valence-corrected chi connectivity index (χ4v) is 2.57. The lowest BCUT2D eigenvalue weighted by atomic mass is 10.1. The zero-order valence-electron chi connectivity index (χ0n) is 11.2. The second kappa shape index (κ2) is 7.40. The van der Waals surface area contributed by atoms with Crippen LogP contribution in [0.3, 0.4) is 0 Å². The highest BCUT2D eigenvalue weighted by Crippen LogP contribution is 2.25. The third-order valence-electron chi connectivity index (χ3n) is 3.43. The van der Waals surface area contributed by atoms with Crippen LogP contribution in [0.4, 0.5) is 0 Å². The molecule has 0 aromatic heterocycles. The van der Waals surface area contributed by atoms with E-state index in [1.807, 2.05) is 0 Å². The van der Waals surface area contributed by atoms with Gasteiger partial charge in [-0.25, -0.2) is 0 Å². The van der Waals surface area contributed by atoms with Crippen molar-refractivity contribution in [3.05, 3.63) is 29.8 Å². The molecule has 1 N–H and O–H groups in total. The number of rotatable bonds is 6. The summed E-state index contributed by atoms with van der Waals surface area (Å²) in [5.41, 5.74) is 0.420. The Morgan fingerprint density at radius 1 is 1.30 bits per heavy atom. The van der Waals surface area contributed by atoms with E-state index < -0.39 is 17.0 Å². The molecule has 110 valence electrons. The van der Waals surface area contributed by atoms with Crippen LogP contribution in [-0.2, 0) is 11.1 Å². The molecule has 20 heavy (non-hydrogen) atoms. The van der Waals surface area contributed by atoms with E-state index >= 15 is 0 Å². The molecule has 2 rings (SSSR count). The molecule has 1 fully saturated rings.